The first-order chi connectivity index (χ1) is 12.4. The van der Waals surface area contributed by atoms with Crippen LogP contribution >= 0.6 is 0 Å². The first-order valence-corrected chi connectivity index (χ1v) is 8.26. The molecule has 1 fully saturated rings. The molecule has 0 bridgehead atoms. The monoisotopic (exact) mass is 352 g/mol. The van der Waals surface area contributed by atoms with Gasteiger partial charge in [0.05, 0.1) is 12.5 Å². The van der Waals surface area contributed by atoms with E-state index in [-0.39, 0.29) is 30.9 Å². The third-order valence-corrected chi connectivity index (χ3v) is 4.43. The van der Waals surface area contributed by atoms with Gasteiger partial charge in [-0.3, -0.25) is 10.2 Å². The molecule has 2 aromatic carbocycles. The highest BCUT2D eigenvalue weighted by atomic mass is 16.4. The second-order valence-corrected chi connectivity index (χ2v) is 6.20. The Morgan fingerprint density at radius 1 is 1.15 bits per heavy atom. The lowest BCUT2D eigenvalue weighted by Gasteiger charge is -2.13. The Balaban J connectivity index is 1.69. The number of amides is 2. The number of aliphatic carboxylic acids is 1. The largest absolute Gasteiger partial charge is 0.481 e. The maximum absolute atomic E-state index is 11.9. The maximum Gasteiger partial charge on any atom is 0.318 e. The van der Waals surface area contributed by atoms with E-state index in [4.69, 9.17) is 16.2 Å². The van der Waals surface area contributed by atoms with Crippen LogP contribution in [0.4, 0.5) is 4.79 Å². The number of nitrogens with two attached hydrogens (primary N) is 1. The number of hydrogen-bond acceptors (Lipinski definition) is 3. The van der Waals surface area contributed by atoms with E-state index in [0.29, 0.717) is 12.1 Å². The molecule has 1 saturated heterocycles. The van der Waals surface area contributed by atoms with Crippen LogP contribution in [0.5, 0.6) is 0 Å². The Bertz CT molecular complexity index is 831. The van der Waals surface area contributed by atoms with Crippen LogP contribution < -0.4 is 11.1 Å². The van der Waals surface area contributed by atoms with E-state index in [1.165, 1.54) is 4.90 Å². The summed E-state index contributed by atoms with van der Waals surface area (Å²) >= 11 is 0. The van der Waals surface area contributed by atoms with Crippen LogP contribution in [0.1, 0.15) is 23.6 Å². The van der Waals surface area contributed by atoms with Crippen molar-refractivity contribution in [2.24, 2.45) is 5.73 Å². The molecule has 0 saturated carbocycles. The zero-order chi connectivity index (χ0) is 18.7. The van der Waals surface area contributed by atoms with E-state index in [1.807, 2.05) is 48.5 Å². The van der Waals surface area contributed by atoms with Gasteiger partial charge in [-0.25, -0.2) is 4.79 Å². The van der Waals surface area contributed by atoms with Gasteiger partial charge in [-0.1, -0.05) is 48.5 Å². The van der Waals surface area contributed by atoms with Crippen molar-refractivity contribution in [1.29, 1.82) is 5.41 Å². The number of nitrogens with one attached hydrogen (secondary N) is 2. The number of rotatable bonds is 6. The van der Waals surface area contributed by atoms with Gasteiger partial charge in [0, 0.05) is 18.7 Å². The Morgan fingerprint density at radius 2 is 1.73 bits per heavy atom. The fourth-order valence-corrected chi connectivity index (χ4v) is 2.95. The summed E-state index contributed by atoms with van der Waals surface area (Å²) in [7, 11) is 0. The predicted octanol–water partition coefficient (Wildman–Crippen LogP) is 2.18. The van der Waals surface area contributed by atoms with Crippen LogP contribution in [0.2, 0.25) is 0 Å². The van der Waals surface area contributed by atoms with Crippen LogP contribution in [0.25, 0.3) is 11.1 Å². The molecule has 1 unspecified atom stereocenters. The van der Waals surface area contributed by atoms with E-state index in [0.717, 1.165) is 16.7 Å². The van der Waals surface area contributed by atoms with E-state index in [9.17, 15) is 9.59 Å². The first kappa shape index (κ1) is 17.5. The van der Waals surface area contributed by atoms with Crippen molar-refractivity contribution in [2.45, 2.75) is 12.5 Å². The molecule has 0 aromatic heterocycles. The lowest BCUT2D eigenvalue weighted by atomic mass is 10.00. The second-order valence-electron chi connectivity index (χ2n) is 6.20. The molecule has 3 rings (SSSR count). The molecular weight excluding hydrogens is 332 g/mol. The third kappa shape index (κ3) is 3.83. The SMILES string of the molecule is N=C(N)c1ccc(-c2ccc(C3CN(CCC(=O)O)C(=O)N3)cc2)cc1. The van der Waals surface area contributed by atoms with Crippen molar-refractivity contribution in [3.8, 4) is 11.1 Å². The molecule has 0 spiro atoms. The summed E-state index contributed by atoms with van der Waals surface area (Å²) < 4.78 is 0. The van der Waals surface area contributed by atoms with Gasteiger partial charge in [0.2, 0.25) is 0 Å². The molecule has 1 atom stereocenters. The molecule has 134 valence electrons. The summed E-state index contributed by atoms with van der Waals surface area (Å²) in [6.45, 7) is 0.664. The van der Waals surface area contributed by atoms with Gasteiger partial charge in [0.15, 0.2) is 0 Å². The zero-order valence-corrected chi connectivity index (χ0v) is 14.1. The average molecular weight is 352 g/mol. The predicted molar refractivity (Wildman–Crippen MR) is 98.0 cm³/mol. The molecule has 5 N–H and O–H groups in total. The molecule has 7 heteroatoms. The van der Waals surface area contributed by atoms with Crippen molar-refractivity contribution in [2.75, 3.05) is 13.1 Å². The van der Waals surface area contributed by atoms with Crippen LogP contribution in [0, 0.1) is 5.41 Å². The van der Waals surface area contributed by atoms with E-state index in [2.05, 4.69) is 5.32 Å². The van der Waals surface area contributed by atoms with Crippen molar-refractivity contribution in [3.05, 3.63) is 59.7 Å². The molecule has 0 radical (unpaired) electrons. The van der Waals surface area contributed by atoms with Crippen molar-refractivity contribution in [3.63, 3.8) is 0 Å². The summed E-state index contributed by atoms with van der Waals surface area (Å²) in [6.07, 6.45) is -0.0602. The molecule has 2 aromatic rings. The summed E-state index contributed by atoms with van der Waals surface area (Å²) in [4.78, 5) is 24.1. The molecule has 1 aliphatic rings. The Hall–Kier alpha value is -3.35. The normalized spacial score (nSPS) is 16.4. The number of carbonyl (C=O) groups is 2. The topological polar surface area (TPSA) is 120 Å². The Kier molecular flexibility index (Phi) is 4.88. The minimum Gasteiger partial charge on any atom is -0.481 e. The van der Waals surface area contributed by atoms with Gasteiger partial charge in [-0.2, -0.15) is 0 Å². The summed E-state index contributed by atoms with van der Waals surface area (Å²) in [6, 6.07) is 14.9. The Labute approximate surface area is 150 Å². The highest BCUT2D eigenvalue weighted by Gasteiger charge is 2.29. The number of carboxylic acid groups (broad SMARTS) is 1. The Morgan fingerprint density at radius 3 is 2.27 bits per heavy atom. The van der Waals surface area contributed by atoms with Crippen LogP contribution in [-0.4, -0.2) is 40.9 Å². The molecule has 1 heterocycles. The maximum atomic E-state index is 11.9. The van der Waals surface area contributed by atoms with Crippen LogP contribution in [0.3, 0.4) is 0 Å². The van der Waals surface area contributed by atoms with Gasteiger partial charge < -0.3 is 21.1 Å². The quantitative estimate of drug-likeness (QED) is 0.470. The number of nitrogen functional groups attached to an aromatic ring is 1. The van der Waals surface area contributed by atoms with Crippen LogP contribution in [0.15, 0.2) is 48.5 Å². The average Bonchev–Trinajstić information content (AvgIpc) is 3.01. The van der Waals surface area contributed by atoms with E-state index >= 15 is 0 Å². The number of benzene rings is 2. The van der Waals surface area contributed by atoms with Crippen LogP contribution in [-0.2, 0) is 4.79 Å². The van der Waals surface area contributed by atoms with Gasteiger partial charge >= 0.3 is 12.0 Å². The number of urea groups is 1. The standard InChI is InChI=1S/C19H20N4O3/c20-18(21)15-7-3-13(4-8-15)12-1-5-14(6-2-12)16-11-23(19(26)22-16)10-9-17(24)25/h1-8,16H,9-11H2,(H3,20,21)(H,22,26)(H,24,25). The number of hydrogen-bond donors (Lipinski definition) is 4. The van der Waals surface area contributed by atoms with Gasteiger partial charge in [-0.15, -0.1) is 0 Å². The molecule has 0 aliphatic carbocycles. The highest BCUT2D eigenvalue weighted by Crippen LogP contribution is 2.25. The van der Waals surface area contributed by atoms with E-state index in [1.54, 1.807) is 0 Å². The molecular formula is C19H20N4O3. The zero-order valence-electron chi connectivity index (χ0n) is 14.1. The summed E-state index contributed by atoms with van der Waals surface area (Å²) in [5.74, 6) is -0.877. The number of carboxylic acids is 1. The number of nitrogens with zero attached hydrogens (tertiary/aromatic N) is 1. The lowest BCUT2D eigenvalue weighted by molar-refractivity contribution is -0.137. The number of amidine groups is 1. The lowest BCUT2D eigenvalue weighted by Crippen LogP contribution is -2.30. The molecule has 1 aliphatic heterocycles. The molecule has 2 amide bonds. The highest BCUT2D eigenvalue weighted by molar-refractivity contribution is 5.95. The molecule has 26 heavy (non-hydrogen) atoms. The summed E-state index contributed by atoms with van der Waals surface area (Å²) in [5, 5.41) is 19.1. The summed E-state index contributed by atoms with van der Waals surface area (Å²) in [5.41, 5.74) is 9.16. The molecule has 7 nitrogen and oxygen atoms in total. The minimum atomic E-state index is -0.915. The number of carbonyl (C=O) groups excluding carboxylic acids is 1. The van der Waals surface area contributed by atoms with Gasteiger partial charge in [-0.05, 0) is 16.7 Å². The second kappa shape index (κ2) is 7.26. The smallest absolute Gasteiger partial charge is 0.318 e. The van der Waals surface area contributed by atoms with E-state index < -0.39 is 5.97 Å². The third-order valence-electron chi connectivity index (χ3n) is 4.43. The fraction of sp³-hybridized carbons (Fsp3) is 0.211. The first-order valence-electron chi connectivity index (χ1n) is 8.26. The van der Waals surface area contributed by atoms with Crippen molar-refractivity contribution < 1.29 is 14.7 Å². The minimum absolute atomic E-state index is 0.0383. The fourth-order valence-electron chi connectivity index (χ4n) is 2.95. The van der Waals surface area contributed by atoms with Crippen molar-refractivity contribution in [1.82, 2.24) is 10.2 Å². The van der Waals surface area contributed by atoms with Gasteiger partial charge in [0.1, 0.15) is 5.84 Å². The van der Waals surface area contributed by atoms with Crippen molar-refractivity contribution >= 4 is 17.8 Å². The van der Waals surface area contributed by atoms with Gasteiger partial charge in [0.25, 0.3) is 0 Å².